The number of hydrogen-bond donors (Lipinski definition) is 8. The zero-order valence-electron chi connectivity index (χ0n) is 71.3. The van der Waals surface area contributed by atoms with Gasteiger partial charge in [-0.05, 0) is 272 Å². The molecule has 120 heavy (non-hydrogen) atoms. The Hall–Kier alpha value is -8.32. The van der Waals surface area contributed by atoms with Crippen molar-refractivity contribution >= 4 is 161 Å². The van der Waals surface area contributed by atoms with Gasteiger partial charge >= 0.3 is 34.4 Å². The van der Waals surface area contributed by atoms with Gasteiger partial charge in [-0.3, -0.25) is 33.3 Å². The van der Waals surface area contributed by atoms with Crippen LogP contribution in [0.1, 0.15) is 206 Å². The molecule has 0 saturated carbocycles. The van der Waals surface area contributed by atoms with Gasteiger partial charge in [0, 0.05) is 79.9 Å². The van der Waals surface area contributed by atoms with Crippen LogP contribution < -0.4 is 36.6 Å². The maximum absolute atomic E-state index is 12.1. The summed E-state index contributed by atoms with van der Waals surface area (Å²) in [5.41, 5.74) is 26.5. The summed E-state index contributed by atoms with van der Waals surface area (Å²) < 4.78 is 58.2. The number of carbonyl (C=O) groups excluding carboxylic acids is 5. The number of phenols is 2. The van der Waals surface area contributed by atoms with Crippen molar-refractivity contribution in [2.75, 3.05) is 37.5 Å². The third-order valence-corrected chi connectivity index (χ3v) is 23.2. The number of halogens is 5. The number of nitriles is 2. The fourth-order valence-electron chi connectivity index (χ4n) is 12.5. The third kappa shape index (κ3) is 26.4. The van der Waals surface area contributed by atoms with Gasteiger partial charge in [0.1, 0.15) is 39.9 Å². The number of aromatic hydroxyl groups is 2. The maximum Gasteiger partial charge on any atom is 0.555 e. The first kappa shape index (κ1) is 100. The second kappa shape index (κ2) is 43.1. The lowest BCUT2D eigenvalue weighted by atomic mass is 9.53. The van der Waals surface area contributed by atoms with Gasteiger partial charge in [0.2, 0.25) is 5.24 Å². The van der Waals surface area contributed by atoms with Crippen molar-refractivity contribution in [1.82, 2.24) is 19.6 Å². The predicted octanol–water partition coefficient (Wildman–Crippen LogP) is 16.7. The molecule has 28 nitrogen and oxygen atoms in total. The number of esters is 1. The lowest BCUT2D eigenvalue weighted by Gasteiger charge is -2.32. The second-order valence-electron chi connectivity index (χ2n) is 31.5. The molecule has 2 amide bonds. The Morgan fingerprint density at radius 3 is 1.41 bits per heavy atom. The summed E-state index contributed by atoms with van der Waals surface area (Å²) in [7, 11) is -2.39. The van der Waals surface area contributed by atoms with E-state index in [4.69, 9.17) is 69.7 Å². The third-order valence-electron chi connectivity index (χ3n) is 21.3. The lowest BCUT2D eigenvalue weighted by Crippen LogP contribution is -2.41. The number of hydrogen-bond acceptors (Lipinski definition) is 24. The van der Waals surface area contributed by atoms with Crippen molar-refractivity contribution in [3.05, 3.63) is 170 Å². The zero-order chi connectivity index (χ0) is 90.3. The standard InChI is InChI=1S/C21H24BN5O4.C14H28B2O4.C11H12BBrO2.C10H13N5O2.2C9H9BrO2.C7H7BrO.C2H3ClO/c1-11-6-15(7-16-12(2)13(3)22(29)31-19(11)16)25-21-17(20(24)28)9-27(26-21)18-10-30-5-4-14(18)8-23;1-10(15-17-11(2,3)12(4,5)18-15)16-19-13(6,7)14(8,9)20-16;1-6-4-9(13)5-10-7(2)8(3)12(14)15-11(6)10;11-3-6-1-2-17-5-8(6)15-4-7(10(13)16)9(12)14-15;1-5-3-7(10)4-8(6(2)11)9(5)12;1-6-5-8(10)3-4-9(6)12-7(2)11;1-5-4-6(8)2-3-7(5)9;1-2(3)4/h6-7,9,14,18,29H,4-5,10H2,1-3H3,(H2,24,28)(H,25,26);10H,1-9H3;4-5,14H,1-3H3;4,6,8H,1-2,5H2,(H2,12,14)(H2,13,16);3-4,12H,1-2H3;3-5H,1-2H3;2-4,9H,1H3;1H3/t14-,18?;;;6-,8?;;;;/m1..0..../s1. The number of rotatable bonds is 10. The van der Waals surface area contributed by atoms with Gasteiger partial charge in [-0.2, -0.15) is 20.7 Å². The van der Waals surface area contributed by atoms with Crippen LogP contribution in [0.2, 0.25) is 5.72 Å². The molecule has 7 aromatic rings. The highest BCUT2D eigenvalue weighted by atomic mass is 79.9. The normalized spacial score (nSPS) is 18.6. The van der Waals surface area contributed by atoms with Crippen LogP contribution in [-0.2, 0) is 37.7 Å². The minimum atomic E-state index is -0.965. The Bertz CT molecular complexity index is 5000. The summed E-state index contributed by atoms with van der Waals surface area (Å²) in [5, 5.41) is 68.1. The van der Waals surface area contributed by atoms with Crippen molar-refractivity contribution in [1.29, 1.82) is 10.5 Å². The van der Waals surface area contributed by atoms with E-state index >= 15 is 0 Å². The monoisotopic (exact) mass is 1920 g/mol. The molecule has 4 atom stereocenters. The number of Topliss-reactive ketones (excluding diaryl/α,β-unsaturated/α-hetero) is 1. The van der Waals surface area contributed by atoms with E-state index in [9.17, 15) is 44.4 Å². The number of nitrogen functional groups attached to an aromatic ring is 1. The van der Waals surface area contributed by atoms with Crippen LogP contribution in [0.4, 0.5) is 17.3 Å². The molecule has 2 unspecified atom stereocenters. The molecule has 5 aromatic carbocycles. The lowest BCUT2D eigenvalue weighted by molar-refractivity contribution is -0.132. The minimum absolute atomic E-state index is 0.0112. The van der Waals surface area contributed by atoms with Crippen LogP contribution in [0.3, 0.4) is 0 Å². The van der Waals surface area contributed by atoms with Crippen LogP contribution in [0.25, 0.3) is 11.1 Å². The number of benzene rings is 5. The largest absolute Gasteiger partial charge is 0.555 e. The molecular formula is C83H105B4Br4ClN10O18. The maximum atomic E-state index is 12.1. The predicted molar refractivity (Wildman–Crippen MR) is 480 cm³/mol. The first-order chi connectivity index (χ1) is 55.8. The van der Waals surface area contributed by atoms with Crippen LogP contribution in [-0.4, -0.2) is 146 Å². The number of ketones is 1. The molecular weight excluding hydrogens is 1820 g/mol. The SMILES string of the molecule is CC(=O)Cl.CC(=O)Oc1ccc(Br)cc1C.CC(=O)c1cc(Br)cc(C)c1O.CC(B1OC(C)(C)C(C)(C)O1)B1OC(C)(C)C(C)(C)O1.CC1=C(C)c2cc(Br)cc(C)c2OB1O.CC1=C(C)c2cc(Nc3nn(C4COCC[C@@H]4C#N)cc3C(N)=O)cc(C)c2OB1O.Cc1cc(Br)ccc1O.N#C[C@@H]1CCOCC1n1cc(C(N)=O)c(N)n1. The molecule has 4 saturated heterocycles. The summed E-state index contributed by atoms with van der Waals surface area (Å²) >= 11 is 18.0. The van der Waals surface area contributed by atoms with Gasteiger partial charge in [-0.1, -0.05) is 70.6 Å². The highest BCUT2D eigenvalue weighted by Crippen LogP contribution is 2.47. The number of fused-ring (bicyclic) bond motifs is 2. The number of aromatic nitrogens is 4. The number of anilines is 3. The molecule has 11 N–H and O–H groups in total. The number of nitrogens with zero attached hydrogens (tertiary/aromatic N) is 6. The van der Waals surface area contributed by atoms with Gasteiger partial charge in [0.25, 0.3) is 11.8 Å². The first-order valence-electron chi connectivity index (χ1n) is 38.3. The molecule has 6 aliphatic rings. The van der Waals surface area contributed by atoms with Gasteiger partial charge in [-0.25, -0.2) is 0 Å². The fourth-order valence-corrected chi connectivity index (χ4v) is 14.6. The summed E-state index contributed by atoms with van der Waals surface area (Å²) in [6, 6.07) is 26.0. The van der Waals surface area contributed by atoms with Crippen LogP contribution in [0.5, 0.6) is 28.7 Å². The topological polar surface area (TPSA) is 423 Å². The minimum Gasteiger partial charge on any atom is -0.532 e. The number of ether oxygens (including phenoxy) is 3. The molecule has 6 aliphatic heterocycles. The molecule has 13 rings (SSSR count). The van der Waals surface area contributed by atoms with Gasteiger partial charge < -0.3 is 84.9 Å². The number of allylic oxidation sites excluding steroid dienone is 4. The zero-order valence-corrected chi connectivity index (χ0v) is 78.4. The van der Waals surface area contributed by atoms with E-state index in [2.05, 4.69) is 165 Å². The van der Waals surface area contributed by atoms with Crippen LogP contribution in [0, 0.1) is 69.1 Å². The van der Waals surface area contributed by atoms with Crippen LogP contribution in [0.15, 0.2) is 114 Å². The molecule has 642 valence electrons. The number of nitrogens with one attached hydrogen (secondary N) is 1. The van der Waals surface area contributed by atoms with Gasteiger partial charge in [-0.15, -0.1) is 0 Å². The van der Waals surface area contributed by atoms with Crippen LogP contribution >= 0.6 is 75.3 Å². The Morgan fingerprint density at radius 2 is 0.992 bits per heavy atom. The fraction of sp³-hybridized carbons (Fsp3) is 0.434. The average molecular weight is 1930 g/mol. The quantitative estimate of drug-likeness (QED) is 0.0207. The van der Waals surface area contributed by atoms with Crippen molar-refractivity contribution in [2.24, 2.45) is 23.3 Å². The molecule has 37 heteroatoms. The molecule has 4 fully saturated rings. The van der Waals surface area contributed by atoms with E-state index in [0.29, 0.717) is 79.1 Å². The number of phenolic OH excluding ortho intramolecular Hbond substituents is 2. The molecule has 0 radical (unpaired) electrons. The highest BCUT2D eigenvalue weighted by Gasteiger charge is 2.60. The molecule has 0 aliphatic carbocycles. The molecule has 0 spiro atoms. The van der Waals surface area contributed by atoms with Crippen molar-refractivity contribution in [2.45, 2.75) is 198 Å². The number of amides is 2. The smallest absolute Gasteiger partial charge is 0.532 e. The number of aryl methyl sites for hydroxylation is 5. The van der Waals surface area contributed by atoms with E-state index in [-0.39, 0.29) is 106 Å². The van der Waals surface area contributed by atoms with E-state index < -0.39 is 26.1 Å². The number of carbonyl (C=O) groups is 5. The molecule has 0 bridgehead atoms. The Balaban J connectivity index is 0.000000223. The number of primary amides is 2. The summed E-state index contributed by atoms with van der Waals surface area (Å²) in [5.74, 6) is 0.727. The molecule has 8 heterocycles. The highest BCUT2D eigenvalue weighted by molar-refractivity contribution is 9.11. The summed E-state index contributed by atoms with van der Waals surface area (Å²) in [6.07, 6.45) is 4.29. The Kier molecular flexibility index (Phi) is 36.1. The van der Waals surface area contributed by atoms with Crippen molar-refractivity contribution < 1.29 is 86.4 Å². The van der Waals surface area contributed by atoms with Crippen molar-refractivity contribution in [3.8, 4) is 40.9 Å². The number of nitrogens with two attached hydrogens (primary N) is 3. The molecule has 2 aromatic heterocycles. The van der Waals surface area contributed by atoms with Gasteiger partial charge in [0.15, 0.2) is 17.4 Å². The van der Waals surface area contributed by atoms with E-state index in [0.717, 1.165) is 79.1 Å². The average Bonchev–Trinajstić information content (AvgIpc) is 1.79. The summed E-state index contributed by atoms with van der Waals surface area (Å²) in [4.78, 5) is 53.9. The van der Waals surface area contributed by atoms with Crippen molar-refractivity contribution in [3.63, 3.8) is 0 Å². The first-order valence-corrected chi connectivity index (χ1v) is 41.8. The van der Waals surface area contributed by atoms with E-state index in [1.165, 1.54) is 31.6 Å². The van der Waals surface area contributed by atoms with E-state index in [1.54, 1.807) is 42.1 Å². The second-order valence-corrected chi connectivity index (χ2v) is 35.7. The van der Waals surface area contributed by atoms with Gasteiger partial charge in [0.05, 0.1) is 77.2 Å². The Morgan fingerprint density at radius 1 is 0.583 bits per heavy atom. The summed E-state index contributed by atoms with van der Waals surface area (Å²) in [6.45, 7) is 41.5. The Labute approximate surface area is 741 Å². The van der Waals surface area contributed by atoms with E-state index in [1.807, 2.05) is 104 Å².